The number of anilines is 1. The average Bonchev–Trinajstić information content (AvgIpc) is 3.06. The number of aromatic nitrogens is 3. The summed E-state index contributed by atoms with van der Waals surface area (Å²) in [6, 6.07) is 1.37. The van der Waals surface area contributed by atoms with Gasteiger partial charge in [-0.15, -0.1) is 0 Å². The fourth-order valence-corrected chi connectivity index (χ4v) is 4.47. The lowest BCUT2D eigenvalue weighted by atomic mass is 10.2. The third-order valence-electron chi connectivity index (χ3n) is 3.70. The highest BCUT2D eigenvalue weighted by Gasteiger charge is 2.46. The van der Waals surface area contributed by atoms with E-state index in [0.29, 0.717) is 0 Å². The lowest BCUT2D eigenvalue weighted by molar-refractivity contribution is -0.167. The maximum absolute atomic E-state index is 11.9. The molecule has 17 heteroatoms. The van der Waals surface area contributed by atoms with Crippen LogP contribution in [-0.2, 0) is 22.9 Å². The number of H-pyrrole nitrogens is 1. The van der Waals surface area contributed by atoms with Crippen LogP contribution in [0.25, 0.3) is 11.0 Å². The van der Waals surface area contributed by atoms with Gasteiger partial charge >= 0.3 is 15.4 Å². The zero-order valence-corrected chi connectivity index (χ0v) is 15.5. The van der Waals surface area contributed by atoms with Crippen LogP contribution in [-0.4, -0.2) is 64.3 Å². The van der Waals surface area contributed by atoms with Crippen molar-refractivity contribution >= 4 is 32.4 Å². The number of nitrogen functional groups attached to an aromatic ring is 1. The summed E-state index contributed by atoms with van der Waals surface area (Å²) in [5.74, 6) is -0.200. The lowest BCUT2D eigenvalue weighted by Crippen LogP contribution is -2.33. The molecule has 1 saturated heterocycles. The minimum Gasteiger partial charge on any atom is -0.385 e. The third-order valence-corrected chi connectivity index (χ3v) is 6.05. The zero-order valence-electron chi connectivity index (χ0n) is 13.7. The van der Waals surface area contributed by atoms with E-state index in [-0.39, 0.29) is 17.0 Å². The molecule has 15 nitrogen and oxygen atoms in total. The second-order valence-corrected chi connectivity index (χ2v) is 8.96. The van der Waals surface area contributed by atoms with E-state index in [1.54, 1.807) is 0 Å². The molecule has 0 saturated carbocycles. The lowest BCUT2D eigenvalue weighted by Gasteiger charge is -2.18. The molecule has 2 aromatic heterocycles. The molecule has 0 spiro atoms. The van der Waals surface area contributed by atoms with Gasteiger partial charge in [0.1, 0.15) is 12.2 Å². The molecule has 28 heavy (non-hydrogen) atoms. The van der Waals surface area contributed by atoms with Crippen molar-refractivity contribution in [2.45, 2.75) is 24.7 Å². The van der Waals surface area contributed by atoms with Crippen LogP contribution in [0.2, 0.25) is 0 Å². The smallest absolute Gasteiger partial charge is 0.385 e. The quantitative estimate of drug-likeness (QED) is 0.243. The summed E-state index contributed by atoms with van der Waals surface area (Å²) < 4.78 is 37.3. The van der Waals surface area contributed by atoms with Crippen LogP contribution in [0.1, 0.15) is 6.23 Å². The average molecular weight is 442 g/mol. The number of ether oxygens (including phenoxy) is 2. The first-order valence-electron chi connectivity index (χ1n) is 7.46. The van der Waals surface area contributed by atoms with Gasteiger partial charge in [0.2, 0.25) is 5.95 Å². The highest BCUT2D eigenvalue weighted by molar-refractivity contribution is 7.63. The first kappa shape index (κ1) is 21.1. The van der Waals surface area contributed by atoms with E-state index in [9.17, 15) is 29.0 Å². The van der Waals surface area contributed by atoms with Gasteiger partial charge in [-0.3, -0.25) is 14.3 Å². The Morgan fingerprint density at radius 2 is 1.96 bits per heavy atom. The molecule has 156 valence electrons. The predicted octanol–water partition coefficient (Wildman–Crippen LogP) is -1.85. The molecule has 1 aliphatic rings. The van der Waals surface area contributed by atoms with E-state index in [1.807, 2.05) is 0 Å². The summed E-state index contributed by atoms with van der Waals surface area (Å²) in [6.07, 6.45) is -6.19. The van der Waals surface area contributed by atoms with Crippen molar-refractivity contribution in [3.05, 3.63) is 22.6 Å². The van der Waals surface area contributed by atoms with E-state index in [1.165, 1.54) is 16.8 Å². The van der Waals surface area contributed by atoms with Gasteiger partial charge in [-0.05, 0) is 6.07 Å². The molecule has 5 atom stereocenters. The van der Waals surface area contributed by atoms with Crippen LogP contribution in [0.5, 0.6) is 0 Å². The molecule has 0 aliphatic carbocycles. The second kappa shape index (κ2) is 7.31. The Labute approximate surface area is 155 Å². The number of aliphatic hydroxyl groups is 2. The topological polar surface area (TPSA) is 240 Å². The van der Waals surface area contributed by atoms with Crippen LogP contribution < -0.4 is 11.3 Å². The van der Waals surface area contributed by atoms with Gasteiger partial charge in [0.15, 0.2) is 24.5 Å². The molecular weight excluding hydrogens is 426 g/mol. The molecule has 0 amide bonds. The van der Waals surface area contributed by atoms with Crippen LogP contribution in [0, 0.1) is 0 Å². The number of nitrogens with two attached hydrogens (primary N) is 1. The van der Waals surface area contributed by atoms with Crippen LogP contribution in [0.3, 0.4) is 0 Å². The molecule has 0 radical (unpaired) electrons. The van der Waals surface area contributed by atoms with Crippen molar-refractivity contribution in [1.29, 1.82) is 0 Å². The Balaban J connectivity index is 1.79. The molecule has 1 fully saturated rings. The SMILES string of the molecule is Nc1nc2c(ccn2[C@@H]2O[C@H](OCP(=O)(O)OP(=O)(O)O)C(O)[C@@H]2O)c(=O)[nH]1. The minimum absolute atomic E-state index is 0.0378. The number of nitrogens with one attached hydrogen (secondary N) is 1. The van der Waals surface area contributed by atoms with Crippen molar-refractivity contribution in [3.8, 4) is 0 Å². The number of phosphoric acid groups is 1. The van der Waals surface area contributed by atoms with Crippen molar-refractivity contribution in [2.24, 2.45) is 0 Å². The first-order chi connectivity index (χ1) is 12.9. The summed E-state index contributed by atoms with van der Waals surface area (Å²) in [7, 11) is -10.2. The molecule has 1 aliphatic heterocycles. The number of fused-ring (bicyclic) bond motifs is 1. The van der Waals surface area contributed by atoms with Crippen molar-refractivity contribution < 1.29 is 47.8 Å². The number of aromatic amines is 1. The number of hydrogen-bond donors (Lipinski definition) is 7. The number of hydrogen-bond acceptors (Lipinski definition) is 10. The normalized spacial score (nSPS) is 27.9. The molecule has 8 N–H and O–H groups in total. The summed E-state index contributed by atoms with van der Waals surface area (Å²) in [5, 5.41) is 20.4. The van der Waals surface area contributed by atoms with Crippen molar-refractivity contribution in [2.75, 3.05) is 12.1 Å². The molecular formula is C11H16N4O11P2. The van der Waals surface area contributed by atoms with Gasteiger partial charge in [0, 0.05) is 6.20 Å². The Morgan fingerprint density at radius 1 is 1.29 bits per heavy atom. The Hall–Kier alpha value is -1.64. The van der Waals surface area contributed by atoms with E-state index in [2.05, 4.69) is 14.3 Å². The summed E-state index contributed by atoms with van der Waals surface area (Å²) in [4.78, 5) is 44.6. The summed E-state index contributed by atoms with van der Waals surface area (Å²) in [5.41, 5.74) is 4.99. The van der Waals surface area contributed by atoms with Gasteiger partial charge in [-0.2, -0.15) is 4.98 Å². The maximum atomic E-state index is 11.9. The fraction of sp³-hybridized carbons (Fsp3) is 0.455. The monoisotopic (exact) mass is 442 g/mol. The first-order valence-corrected chi connectivity index (χ1v) is 10.8. The van der Waals surface area contributed by atoms with Crippen LogP contribution in [0.15, 0.2) is 17.1 Å². The van der Waals surface area contributed by atoms with Crippen LogP contribution in [0.4, 0.5) is 5.95 Å². The largest absolute Gasteiger partial charge is 0.476 e. The number of rotatable bonds is 6. The van der Waals surface area contributed by atoms with E-state index >= 15 is 0 Å². The standard InChI is InChI=1S/C11H16N4O11P2/c12-11-13-7-4(8(18)14-11)1-2-15(7)9-5(16)6(17)10(25-9)24-3-27(19,20)26-28(21,22)23/h1-2,5-6,9-10,16-17H,3H2,(H,19,20)(H2,21,22,23)(H3,12,13,14,18)/t5-,6?,9+,10-/m0/s1. The molecule has 0 aromatic carbocycles. The van der Waals surface area contributed by atoms with Gasteiger partial charge in [-0.1, -0.05) is 0 Å². The molecule has 3 heterocycles. The highest BCUT2D eigenvalue weighted by Crippen LogP contribution is 2.57. The third kappa shape index (κ3) is 4.34. The number of aliphatic hydroxyl groups excluding tert-OH is 2. The van der Waals surface area contributed by atoms with Crippen LogP contribution >= 0.6 is 15.4 Å². The Bertz CT molecular complexity index is 1030. The van der Waals surface area contributed by atoms with Gasteiger partial charge in [0.05, 0.1) is 5.39 Å². The Kier molecular flexibility index (Phi) is 5.51. The van der Waals surface area contributed by atoms with Crippen molar-refractivity contribution in [3.63, 3.8) is 0 Å². The second-order valence-electron chi connectivity index (χ2n) is 5.79. The zero-order chi connectivity index (χ0) is 20.9. The van der Waals surface area contributed by atoms with E-state index in [4.69, 9.17) is 25.0 Å². The minimum atomic E-state index is -5.27. The van der Waals surface area contributed by atoms with E-state index < -0.39 is 52.1 Å². The molecule has 2 unspecified atom stereocenters. The summed E-state index contributed by atoms with van der Waals surface area (Å²) >= 11 is 0. The summed E-state index contributed by atoms with van der Waals surface area (Å²) in [6.45, 7) is 0. The van der Waals surface area contributed by atoms with Gasteiger partial charge in [-0.25, -0.2) is 8.88 Å². The maximum Gasteiger partial charge on any atom is 0.476 e. The van der Waals surface area contributed by atoms with Gasteiger partial charge in [0.25, 0.3) is 5.56 Å². The molecule has 0 bridgehead atoms. The Morgan fingerprint density at radius 3 is 2.61 bits per heavy atom. The fourth-order valence-electron chi connectivity index (χ4n) is 2.62. The van der Waals surface area contributed by atoms with Gasteiger partial charge < -0.3 is 44.7 Å². The molecule has 2 aromatic rings. The highest BCUT2D eigenvalue weighted by atomic mass is 31.3. The molecule has 3 rings (SSSR count). The predicted molar refractivity (Wildman–Crippen MR) is 89.6 cm³/mol. The van der Waals surface area contributed by atoms with Crippen molar-refractivity contribution in [1.82, 2.24) is 14.5 Å². The van der Waals surface area contributed by atoms with E-state index in [0.717, 1.165) is 0 Å². The number of nitrogens with zero attached hydrogens (tertiary/aromatic N) is 2.